The van der Waals surface area contributed by atoms with Crippen molar-refractivity contribution in [2.45, 2.75) is 24.7 Å². The van der Waals surface area contributed by atoms with Gasteiger partial charge in [-0.3, -0.25) is 9.00 Å². The molecule has 1 unspecified atom stereocenters. The fraction of sp³-hybridized carbons (Fsp3) is 0.462. The lowest BCUT2D eigenvalue weighted by Gasteiger charge is -2.05. The minimum absolute atomic E-state index is 0.0535. The Morgan fingerprint density at radius 2 is 1.90 bits per heavy atom. The fourth-order valence-electron chi connectivity index (χ4n) is 1.64. The zero-order valence-electron chi connectivity index (χ0n) is 11.9. The Balaban J connectivity index is 2.38. The Bertz CT molecular complexity index is 597. The topological polar surface area (TPSA) is 106 Å². The third-order valence-corrected chi connectivity index (χ3v) is 5.10. The number of rotatable bonds is 8. The van der Waals surface area contributed by atoms with Crippen LogP contribution in [0.15, 0.2) is 29.2 Å². The molecule has 0 aromatic heterocycles. The molecule has 0 bridgehead atoms. The van der Waals surface area contributed by atoms with Gasteiger partial charge in [0.15, 0.2) is 0 Å². The fourth-order valence-corrected chi connectivity index (χ4v) is 2.77. The van der Waals surface area contributed by atoms with E-state index >= 15 is 0 Å². The summed E-state index contributed by atoms with van der Waals surface area (Å²) >= 11 is 0. The number of sulfonamides is 1. The molecule has 0 aliphatic carbocycles. The van der Waals surface area contributed by atoms with E-state index in [-0.39, 0.29) is 10.8 Å². The highest BCUT2D eigenvalue weighted by Crippen LogP contribution is 2.10. The summed E-state index contributed by atoms with van der Waals surface area (Å²) in [5, 5.41) is 7.71. The number of aryl methyl sites for hydroxylation is 1. The van der Waals surface area contributed by atoms with Crippen LogP contribution in [0.5, 0.6) is 0 Å². The molecule has 21 heavy (non-hydrogen) atoms. The first kappa shape index (κ1) is 17.8. The molecule has 6 nitrogen and oxygen atoms in total. The second-order valence-corrected chi connectivity index (χ2v) is 7.90. The molecule has 0 heterocycles. The number of amides is 1. The quantitative estimate of drug-likeness (QED) is 0.707. The number of primary sulfonamides is 1. The molecular formula is C13H20N2O4S2. The summed E-state index contributed by atoms with van der Waals surface area (Å²) in [7, 11) is -4.56. The maximum atomic E-state index is 11.6. The Kier molecular flexibility index (Phi) is 7.00. The largest absolute Gasteiger partial charge is 0.355 e. The summed E-state index contributed by atoms with van der Waals surface area (Å²) < 4.78 is 33.4. The van der Waals surface area contributed by atoms with E-state index in [4.69, 9.17) is 5.14 Å². The molecular weight excluding hydrogens is 312 g/mol. The van der Waals surface area contributed by atoms with Crippen LogP contribution in [0.2, 0.25) is 0 Å². The summed E-state index contributed by atoms with van der Waals surface area (Å²) in [4.78, 5) is 11.6. The first-order valence-corrected chi connectivity index (χ1v) is 9.59. The molecule has 0 saturated heterocycles. The lowest BCUT2D eigenvalue weighted by atomic mass is 10.1. The van der Waals surface area contributed by atoms with Crippen LogP contribution in [0.25, 0.3) is 0 Å². The van der Waals surface area contributed by atoms with Gasteiger partial charge in [-0.05, 0) is 24.1 Å². The predicted octanol–water partition coefficient (Wildman–Crippen LogP) is 0.151. The standard InChI is InChI=1S/C13H20N2O4S2/c1-2-20(17)10-9-15-13(16)8-5-11-3-6-12(7-4-11)21(14,18)19/h3-4,6-7H,2,5,8-10H2,1H3,(H,15,16)(H2,14,18,19). The van der Waals surface area contributed by atoms with Gasteiger partial charge in [0.05, 0.1) is 4.90 Å². The van der Waals surface area contributed by atoms with Crippen molar-refractivity contribution in [1.29, 1.82) is 0 Å². The highest BCUT2D eigenvalue weighted by molar-refractivity contribution is 7.89. The van der Waals surface area contributed by atoms with Gasteiger partial charge in [-0.2, -0.15) is 0 Å². The lowest BCUT2D eigenvalue weighted by Crippen LogP contribution is -2.28. The van der Waals surface area contributed by atoms with E-state index in [0.29, 0.717) is 30.9 Å². The minimum atomic E-state index is -3.68. The number of carbonyl (C=O) groups excluding carboxylic acids is 1. The third kappa shape index (κ3) is 6.83. The number of hydrogen-bond donors (Lipinski definition) is 2. The highest BCUT2D eigenvalue weighted by atomic mass is 32.2. The van der Waals surface area contributed by atoms with Crippen LogP contribution in [0.1, 0.15) is 18.9 Å². The molecule has 1 rings (SSSR count). The molecule has 0 radical (unpaired) electrons. The van der Waals surface area contributed by atoms with Crippen LogP contribution in [-0.2, 0) is 32.0 Å². The van der Waals surface area contributed by atoms with E-state index in [9.17, 15) is 17.4 Å². The predicted molar refractivity (Wildman–Crippen MR) is 82.7 cm³/mol. The molecule has 0 aliphatic heterocycles. The first-order chi connectivity index (χ1) is 9.82. The summed E-state index contributed by atoms with van der Waals surface area (Å²) in [5.41, 5.74) is 0.856. The molecule has 0 spiro atoms. The molecule has 1 atom stereocenters. The molecule has 118 valence electrons. The van der Waals surface area contributed by atoms with Crippen molar-refractivity contribution >= 4 is 26.7 Å². The van der Waals surface area contributed by atoms with Crippen LogP contribution in [0, 0.1) is 0 Å². The van der Waals surface area contributed by atoms with Crippen LogP contribution in [-0.4, -0.2) is 36.6 Å². The van der Waals surface area contributed by atoms with Gasteiger partial charge >= 0.3 is 0 Å². The van der Waals surface area contributed by atoms with Gasteiger partial charge < -0.3 is 5.32 Å². The smallest absolute Gasteiger partial charge is 0.238 e. The molecule has 0 aliphatic rings. The highest BCUT2D eigenvalue weighted by Gasteiger charge is 2.07. The van der Waals surface area contributed by atoms with Crippen LogP contribution in [0.3, 0.4) is 0 Å². The van der Waals surface area contributed by atoms with Gasteiger partial charge in [-0.15, -0.1) is 0 Å². The van der Waals surface area contributed by atoms with E-state index in [1.165, 1.54) is 12.1 Å². The number of nitrogens with two attached hydrogens (primary N) is 1. The zero-order valence-corrected chi connectivity index (χ0v) is 13.5. The monoisotopic (exact) mass is 332 g/mol. The summed E-state index contributed by atoms with van der Waals surface area (Å²) in [6, 6.07) is 6.12. The molecule has 1 aromatic carbocycles. The first-order valence-electron chi connectivity index (χ1n) is 6.56. The Morgan fingerprint density at radius 3 is 2.43 bits per heavy atom. The maximum absolute atomic E-state index is 11.6. The number of benzene rings is 1. The number of nitrogens with one attached hydrogen (secondary N) is 1. The van der Waals surface area contributed by atoms with Crippen molar-refractivity contribution in [3.8, 4) is 0 Å². The second-order valence-electron chi connectivity index (χ2n) is 4.47. The van der Waals surface area contributed by atoms with Crippen molar-refractivity contribution < 1.29 is 17.4 Å². The molecule has 0 saturated carbocycles. The zero-order chi connectivity index (χ0) is 15.9. The number of hydrogen-bond acceptors (Lipinski definition) is 4. The van der Waals surface area contributed by atoms with Crippen molar-refractivity contribution in [3.05, 3.63) is 29.8 Å². The Morgan fingerprint density at radius 1 is 1.29 bits per heavy atom. The SMILES string of the molecule is CCS(=O)CCNC(=O)CCc1ccc(S(N)(=O)=O)cc1. The van der Waals surface area contributed by atoms with E-state index in [1.807, 2.05) is 6.92 Å². The average Bonchev–Trinajstić information content (AvgIpc) is 2.44. The van der Waals surface area contributed by atoms with Gasteiger partial charge in [-0.1, -0.05) is 19.1 Å². The third-order valence-electron chi connectivity index (χ3n) is 2.87. The van der Waals surface area contributed by atoms with E-state index in [2.05, 4.69) is 5.32 Å². The van der Waals surface area contributed by atoms with Crippen LogP contribution < -0.4 is 10.5 Å². The van der Waals surface area contributed by atoms with Crippen molar-refractivity contribution in [3.63, 3.8) is 0 Å². The molecule has 3 N–H and O–H groups in total. The minimum Gasteiger partial charge on any atom is -0.355 e. The Labute approximate surface area is 127 Å². The lowest BCUT2D eigenvalue weighted by molar-refractivity contribution is -0.120. The van der Waals surface area contributed by atoms with Crippen LogP contribution in [0.4, 0.5) is 0 Å². The van der Waals surface area contributed by atoms with Gasteiger partial charge in [0.1, 0.15) is 0 Å². The average molecular weight is 332 g/mol. The van der Waals surface area contributed by atoms with E-state index in [1.54, 1.807) is 12.1 Å². The maximum Gasteiger partial charge on any atom is 0.238 e. The summed E-state index contributed by atoms with van der Waals surface area (Å²) in [6.45, 7) is 2.24. The number of carbonyl (C=O) groups is 1. The molecule has 0 fully saturated rings. The van der Waals surface area contributed by atoms with Crippen LogP contribution >= 0.6 is 0 Å². The van der Waals surface area contributed by atoms with Gasteiger partial charge in [-0.25, -0.2) is 13.6 Å². The summed E-state index contributed by atoms with van der Waals surface area (Å²) in [5.74, 6) is 0.941. The van der Waals surface area contributed by atoms with Gasteiger partial charge in [0.2, 0.25) is 15.9 Å². The van der Waals surface area contributed by atoms with Crippen molar-refractivity contribution in [1.82, 2.24) is 5.32 Å². The second kappa shape index (κ2) is 8.26. The van der Waals surface area contributed by atoms with Gasteiger partial charge in [0, 0.05) is 35.3 Å². The Hall–Kier alpha value is -1.25. The normalized spacial score (nSPS) is 12.9. The van der Waals surface area contributed by atoms with Crippen molar-refractivity contribution in [2.75, 3.05) is 18.1 Å². The van der Waals surface area contributed by atoms with Gasteiger partial charge in [0.25, 0.3) is 0 Å². The molecule has 1 aromatic rings. The van der Waals surface area contributed by atoms with Crippen molar-refractivity contribution in [2.24, 2.45) is 5.14 Å². The van der Waals surface area contributed by atoms with E-state index < -0.39 is 20.8 Å². The molecule has 1 amide bonds. The summed E-state index contributed by atoms with van der Waals surface area (Å²) in [6.07, 6.45) is 0.807. The molecule has 8 heteroatoms. The van der Waals surface area contributed by atoms with E-state index in [0.717, 1.165) is 5.56 Å².